The third kappa shape index (κ3) is 2.01. The summed E-state index contributed by atoms with van der Waals surface area (Å²) in [4.78, 5) is 12.1. The topological polar surface area (TPSA) is 44.1 Å². The highest BCUT2D eigenvalue weighted by molar-refractivity contribution is 6.00. The molecule has 19 heavy (non-hydrogen) atoms. The van der Waals surface area contributed by atoms with Crippen molar-refractivity contribution in [2.45, 2.75) is 19.4 Å². The van der Waals surface area contributed by atoms with Gasteiger partial charge in [0.2, 0.25) is 0 Å². The van der Waals surface area contributed by atoms with Crippen LogP contribution >= 0.6 is 0 Å². The first-order valence-corrected chi connectivity index (χ1v) is 6.04. The molecule has 3 rings (SSSR count). The number of aryl methyl sites for hydroxylation is 2. The molecule has 2 aromatic rings. The lowest BCUT2D eigenvalue weighted by Gasteiger charge is -2.24. The predicted octanol–water partition coefficient (Wildman–Crippen LogP) is 2.57. The first-order chi connectivity index (χ1) is 9.04. The molecular weight excluding hydrogens is 247 g/mol. The molecule has 1 aromatic carbocycles. The molecule has 0 amide bonds. The Kier molecular flexibility index (Phi) is 2.62. The fourth-order valence-corrected chi connectivity index (χ4v) is 2.40. The number of aromatic nitrogens is 2. The Bertz CT molecular complexity index is 663. The Labute approximate surface area is 109 Å². The van der Waals surface area contributed by atoms with Gasteiger partial charge in [-0.3, -0.25) is 9.48 Å². The Morgan fingerprint density at radius 2 is 2.26 bits per heavy atom. The minimum absolute atomic E-state index is 0.0329. The highest BCUT2D eigenvalue weighted by Gasteiger charge is 2.29. The molecule has 1 aliphatic rings. The molecule has 2 heterocycles. The van der Waals surface area contributed by atoms with E-state index in [1.54, 1.807) is 4.68 Å². The van der Waals surface area contributed by atoms with Crippen LogP contribution < -0.4 is 4.74 Å². The number of hydrogen-bond donors (Lipinski definition) is 0. The summed E-state index contributed by atoms with van der Waals surface area (Å²) in [5.41, 5.74) is 2.13. The third-order valence-electron chi connectivity index (χ3n) is 3.28. The standard InChI is InChI=1S/C14H13FN2O2/c1-8-11(7-17(2)16-8)14-6-12(18)10-4-3-9(15)5-13(10)19-14/h3-5,7,14H,6H2,1-2H3. The number of hydrogen-bond acceptors (Lipinski definition) is 3. The number of halogens is 1. The van der Waals surface area contributed by atoms with Gasteiger partial charge in [0.25, 0.3) is 0 Å². The number of ether oxygens (including phenoxy) is 1. The van der Waals surface area contributed by atoms with Crippen LogP contribution in [0.15, 0.2) is 24.4 Å². The second-order valence-corrected chi connectivity index (χ2v) is 4.72. The van der Waals surface area contributed by atoms with Crippen molar-refractivity contribution in [2.75, 3.05) is 0 Å². The lowest BCUT2D eigenvalue weighted by Crippen LogP contribution is -2.20. The molecule has 0 saturated heterocycles. The number of fused-ring (bicyclic) bond motifs is 1. The first kappa shape index (κ1) is 11.9. The molecule has 98 valence electrons. The minimum atomic E-state index is -0.407. The fourth-order valence-electron chi connectivity index (χ4n) is 2.40. The van der Waals surface area contributed by atoms with Crippen molar-refractivity contribution in [3.05, 3.63) is 47.0 Å². The average Bonchev–Trinajstić information content (AvgIpc) is 2.67. The van der Waals surface area contributed by atoms with Crippen LogP contribution in [0.25, 0.3) is 0 Å². The average molecular weight is 260 g/mol. The summed E-state index contributed by atoms with van der Waals surface area (Å²) < 4.78 is 20.7. The normalized spacial score (nSPS) is 18.1. The molecule has 0 saturated carbocycles. The number of Topliss-reactive ketones (excluding diaryl/α,β-unsaturated/α-hetero) is 1. The number of carbonyl (C=O) groups is 1. The van der Waals surface area contributed by atoms with Crippen LogP contribution in [0, 0.1) is 12.7 Å². The molecule has 1 unspecified atom stereocenters. The number of rotatable bonds is 1. The third-order valence-corrected chi connectivity index (χ3v) is 3.28. The lowest BCUT2D eigenvalue weighted by atomic mass is 9.97. The van der Waals surface area contributed by atoms with Gasteiger partial charge in [-0.25, -0.2) is 4.39 Å². The van der Waals surface area contributed by atoms with E-state index in [2.05, 4.69) is 5.10 Å². The van der Waals surface area contributed by atoms with Crippen molar-refractivity contribution >= 4 is 5.78 Å². The van der Waals surface area contributed by atoms with Crippen LogP contribution in [0.2, 0.25) is 0 Å². The minimum Gasteiger partial charge on any atom is -0.484 e. The molecule has 5 heteroatoms. The van der Waals surface area contributed by atoms with Crippen LogP contribution in [0.5, 0.6) is 5.75 Å². The summed E-state index contributed by atoms with van der Waals surface area (Å²) in [5.74, 6) is -0.130. The van der Waals surface area contributed by atoms with Gasteiger partial charge < -0.3 is 4.74 Å². The van der Waals surface area contributed by atoms with E-state index in [1.165, 1.54) is 18.2 Å². The monoisotopic (exact) mass is 260 g/mol. The second-order valence-electron chi connectivity index (χ2n) is 4.72. The second kappa shape index (κ2) is 4.19. The Balaban J connectivity index is 2.01. The van der Waals surface area contributed by atoms with Gasteiger partial charge in [0.15, 0.2) is 5.78 Å². The smallest absolute Gasteiger partial charge is 0.170 e. The van der Waals surface area contributed by atoms with E-state index in [0.29, 0.717) is 11.3 Å². The molecule has 0 spiro atoms. The van der Waals surface area contributed by atoms with Crippen molar-refractivity contribution in [2.24, 2.45) is 7.05 Å². The number of carbonyl (C=O) groups excluding carboxylic acids is 1. The zero-order chi connectivity index (χ0) is 13.6. The van der Waals surface area contributed by atoms with E-state index in [9.17, 15) is 9.18 Å². The van der Waals surface area contributed by atoms with Crippen molar-refractivity contribution < 1.29 is 13.9 Å². The van der Waals surface area contributed by atoms with Crippen molar-refractivity contribution in [1.29, 1.82) is 0 Å². The summed E-state index contributed by atoms with van der Waals surface area (Å²) in [6.45, 7) is 1.87. The Morgan fingerprint density at radius 1 is 1.47 bits per heavy atom. The first-order valence-electron chi connectivity index (χ1n) is 6.04. The zero-order valence-corrected chi connectivity index (χ0v) is 10.7. The summed E-state index contributed by atoms with van der Waals surface area (Å²) in [6.07, 6.45) is 1.69. The molecule has 0 N–H and O–H groups in total. The highest BCUT2D eigenvalue weighted by Crippen LogP contribution is 2.35. The van der Waals surface area contributed by atoms with Gasteiger partial charge in [-0.15, -0.1) is 0 Å². The molecule has 1 aromatic heterocycles. The van der Waals surface area contributed by atoms with Gasteiger partial charge in [0, 0.05) is 24.9 Å². The van der Waals surface area contributed by atoms with Gasteiger partial charge in [-0.1, -0.05) is 0 Å². The molecule has 0 radical (unpaired) electrons. The molecular formula is C14H13FN2O2. The largest absolute Gasteiger partial charge is 0.484 e. The maximum atomic E-state index is 13.2. The van der Waals surface area contributed by atoms with Gasteiger partial charge in [-0.05, 0) is 19.1 Å². The summed E-state index contributed by atoms with van der Waals surface area (Å²) in [6, 6.07) is 4.00. The maximum Gasteiger partial charge on any atom is 0.170 e. The fraction of sp³-hybridized carbons (Fsp3) is 0.286. The SMILES string of the molecule is Cc1nn(C)cc1C1CC(=O)c2ccc(F)cc2O1. The lowest BCUT2D eigenvalue weighted by molar-refractivity contribution is 0.0848. The predicted molar refractivity (Wildman–Crippen MR) is 66.7 cm³/mol. The van der Waals surface area contributed by atoms with Gasteiger partial charge in [0.1, 0.15) is 17.7 Å². The summed E-state index contributed by atoms with van der Waals surface area (Å²) in [7, 11) is 1.81. The van der Waals surface area contributed by atoms with Crippen molar-refractivity contribution in [1.82, 2.24) is 9.78 Å². The summed E-state index contributed by atoms with van der Waals surface area (Å²) in [5, 5.41) is 4.24. The number of nitrogens with zero attached hydrogens (tertiary/aromatic N) is 2. The van der Waals surface area contributed by atoms with Crippen LogP contribution in [-0.4, -0.2) is 15.6 Å². The number of ketones is 1. The van der Waals surface area contributed by atoms with Crippen LogP contribution in [0.3, 0.4) is 0 Å². The number of benzene rings is 1. The molecule has 4 nitrogen and oxygen atoms in total. The van der Waals surface area contributed by atoms with Crippen LogP contribution in [-0.2, 0) is 7.05 Å². The van der Waals surface area contributed by atoms with Crippen LogP contribution in [0.1, 0.15) is 34.1 Å². The molecule has 1 atom stereocenters. The van der Waals surface area contributed by atoms with Crippen molar-refractivity contribution in [3.8, 4) is 5.75 Å². The molecule has 1 aliphatic heterocycles. The molecule has 0 aliphatic carbocycles. The van der Waals surface area contributed by atoms with E-state index >= 15 is 0 Å². The Morgan fingerprint density at radius 3 is 2.95 bits per heavy atom. The van der Waals surface area contributed by atoms with Crippen LogP contribution in [0.4, 0.5) is 4.39 Å². The molecule has 0 bridgehead atoms. The van der Waals surface area contributed by atoms with Gasteiger partial charge in [0.05, 0.1) is 17.7 Å². The van der Waals surface area contributed by atoms with E-state index < -0.39 is 11.9 Å². The van der Waals surface area contributed by atoms with Gasteiger partial charge >= 0.3 is 0 Å². The quantitative estimate of drug-likeness (QED) is 0.791. The zero-order valence-electron chi connectivity index (χ0n) is 10.7. The molecule has 0 fully saturated rings. The van der Waals surface area contributed by atoms with E-state index in [0.717, 1.165) is 11.3 Å². The highest BCUT2D eigenvalue weighted by atomic mass is 19.1. The maximum absolute atomic E-state index is 13.2. The Hall–Kier alpha value is -2.17. The van der Waals surface area contributed by atoms with E-state index in [4.69, 9.17) is 4.74 Å². The van der Waals surface area contributed by atoms with Crippen molar-refractivity contribution in [3.63, 3.8) is 0 Å². The summed E-state index contributed by atoms with van der Waals surface area (Å²) >= 11 is 0. The van der Waals surface area contributed by atoms with E-state index in [1.807, 2.05) is 20.2 Å². The van der Waals surface area contributed by atoms with E-state index in [-0.39, 0.29) is 12.2 Å². The van der Waals surface area contributed by atoms with Gasteiger partial charge in [-0.2, -0.15) is 5.10 Å².